The monoisotopic (exact) mass is 795 g/mol. The highest BCUT2D eigenvalue weighted by Gasteiger charge is 2.36. The van der Waals surface area contributed by atoms with Crippen LogP contribution in [0, 0.1) is 12.7 Å². The molecule has 0 bridgehead atoms. The van der Waals surface area contributed by atoms with Crippen LogP contribution < -0.4 is 21.1 Å². The maximum atomic E-state index is 14.6. The summed E-state index contributed by atoms with van der Waals surface area (Å²) in [6.07, 6.45) is 0.972. The van der Waals surface area contributed by atoms with Gasteiger partial charge in [0.2, 0.25) is 11.8 Å². The summed E-state index contributed by atoms with van der Waals surface area (Å²) in [6.45, 7) is 10.4. The molecule has 14 nitrogen and oxygen atoms in total. The van der Waals surface area contributed by atoms with E-state index in [1.807, 2.05) is 19.1 Å². The molecule has 1 aromatic heterocycles. The number of nitrogens with one attached hydrogen (secondary N) is 2. The molecule has 3 fully saturated rings. The van der Waals surface area contributed by atoms with Crippen molar-refractivity contribution in [2.75, 3.05) is 84.6 Å². The molecule has 3 aliphatic rings. The molecule has 0 saturated carbocycles. The Labute approximate surface area is 338 Å². The van der Waals surface area contributed by atoms with Crippen molar-refractivity contribution >= 4 is 34.3 Å². The van der Waals surface area contributed by atoms with Gasteiger partial charge in [0.15, 0.2) is 0 Å². The van der Waals surface area contributed by atoms with Gasteiger partial charge in [-0.25, -0.2) is 4.39 Å². The molecule has 3 aliphatic heterocycles. The number of hydrogen-bond donors (Lipinski definition) is 2. The highest BCUT2D eigenvalue weighted by Crippen LogP contribution is 2.33. The summed E-state index contributed by atoms with van der Waals surface area (Å²) < 4.78 is 21.5. The van der Waals surface area contributed by atoms with Gasteiger partial charge in [0, 0.05) is 95.0 Å². The predicted molar refractivity (Wildman–Crippen MR) is 219 cm³/mol. The van der Waals surface area contributed by atoms with Crippen molar-refractivity contribution in [3.05, 3.63) is 99.1 Å². The zero-order chi connectivity index (χ0) is 40.8. The van der Waals surface area contributed by atoms with Crippen LogP contribution in [0.3, 0.4) is 0 Å². The van der Waals surface area contributed by atoms with Gasteiger partial charge in [0.1, 0.15) is 17.4 Å². The summed E-state index contributed by atoms with van der Waals surface area (Å²) in [6, 6.07) is 19.0. The van der Waals surface area contributed by atoms with Crippen molar-refractivity contribution in [3.63, 3.8) is 0 Å². The number of likely N-dealkylation sites (N-methyl/N-ethyl adjacent to an activating group) is 1. The third kappa shape index (κ3) is 9.77. The van der Waals surface area contributed by atoms with E-state index >= 15 is 0 Å². The van der Waals surface area contributed by atoms with E-state index in [1.54, 1.807) is 24.3 Å². The molecule has 0 spiro atoms. The van der Waals surface area contributed by atoms with E-state index in [0.717, 1.165) is 67.2 Å². The molecule has 3 aromatic carbocycles. The minimum atomic E-state index is -0.892. The van der Waals surface area contributed by atoms with Crippen LogP contribution in [0.1, 0.15) is 53.5 Å². The second kappa shape index (κ2) is 18.7. The normalized spacial score (nSPS) is 20.6. The maximum Gasteiger partial charge on any atom is 0.278 e. The number of nitrogens with zero attached hydrogens (tertiary/aromatic N) is 7. The third-order valence-electron chi connectivity index (χ3n) is 11.8. The molecule has 3 unspecified atom stereocenters. The lowest BCUT2D eigenvalue weighted by Crippen LogP contribution is -2.47. The molecule has 3 amide bonds. The van der Waals surface area contributed by atoms with E-state index in [-0.39, 0.29) is 36.9 Å². The number of aromatic nitrogens is 3. The van der Waals surface area contributed by atoms with Crippen LogP contribution in [0.25, 0.3) is 10.9 Å². The van der Waals surface area contributed by atoms with Crippen LogP contribution in [0.15, 0.2) is 65.5 Å². The second-order valence-corrected chi connectivity index (χ2v) is 15.9. The van der Waals surface area contributed by atoms with Gasteiger partial charge in [-0.05, 0) is 80.9 Å². The number of piperidine rings is 1. The first-order chi connectivity index (χ1) is 28.0. The predicted octanol–water partition coefficient (Wildman–Crippen LogP) is 2.63. The molecule has 0 aliphatic carbocycles. The Bertz CT molecular complexity index is 2130. The van der Waals surface area contributed by atoms with E-state index in [9.17, 15) is 23.6 Å². The van der Waals surface area contributed by atoms with Gasteiger partial charge >= 0.3 is 0 Å². The van der Waals surface area contributed by atoms with Gasteiger partial charge in [0.05, 0.1) is 18.6 Å². The molecule has 15 heteroatoms. The Morgan fingerprint density at radius 3 is 2.52 bits per heavy atom. The van der Waals surface area contributed by atoms with Gasteiger partial charge in [0.25, 0.3) is 11.5 Å². The average molecular weight is 796 g/mol. The highest BCUT2D eigenvalue weighted by molar-refractivity contribution is 5.99. The van der Waals surface area contributed by atoms with Crippen LogP contribution in [-0.4, -0.2) is 133 Å². The van der Waals surface area contributed by atoms with Crippen molar-refractivity contribution in [2.45, 2.75) is 57.2 Å². The minimum Gasteiger partial charge on any atom is -0.378 e. The van der Waals surface area contributed by atoms with Crippen LogP contribution in [0.5, 0.6) is 0 Å². The molecule has 3 atom stereocenters. The zero-order valence-electron chi connectivity index (χ0n) is 33.7. The number of rotatable bonds is 15. The van der Waals surface area contributed by atoms with E-state index < -0.39 is 17.5 Å². The number of hydrogen-bond acceptors (Lipinski definition) is 11. The first kappa shape index (κ1) is 41.1. The number of amides is 3. The number of benzene rings is 3. The summed E-state index contributed by atoms with van der Waals surface area (Å²) in [5, 5.41) is 13.5. The highest BCUT2D eigenvalue weighted by atomic mass is 19.1. The number of piperazine rings is 1. The smallest absolute Gasteiger partial charge is 0.278 e. The number of ether oxygens (including phenoxy) is 1. The topological polar surface area (TPSA) is 145 Å². The molecule has 0 radical (unpaired) electrons. The number of anilines is 1. The Balaban J connectivity index is 0.791. The van der Waals surface area contributed by atoms with Crippen molar-refractivity contribution in [3.8, 4) is 0 Å². The number of carbonyl (C=O) groups excluding carboxylic acids is 3. The number of aryl methyl sites for hydroxylation is 2. The Morgan fingerprint density at radius 1 is 0.983 bits per heavy atom. The van der Waals surface area contributed by atoms with Crippen LogP contribution in [0.2, 0.25) is 0 Å². The molecule has 7 rings (SSSR count). The SMILES string of the molecule is Cc1cccc(F)c1CN1CC(c2ccc(N3CCN(CCOCCNC(=O)CCc4ccc5nnn(C6CCC(=O)NC6=O)c(=O)c5c4)CC3)cc2)C(N(C)C)C1. The number of imide groups is 1. The quantitative estimate of drug-likeness (QED) is 0.135. The van der Waals surface area contributed by atoms with Crippen molar-refractivity contribution in [1.29, 1.82) is 0 Å². The summed E-state index contributed by atoms with van der Waals surface area (Å²) in [5.41, 5.74) is 5.08. The van der Waals surface area contributed by atoms with Gasteiger partial charge in [-0.2, -0.15) is 4.68 Å². The van der Waals surface area contributed by atoms with E-state index in [4.69, 9.17) is 4.74 Å². The average Bonchev–Trinajstić information content (AvgIpc) is 3.65. The lowest BCUT2D eigenvalue weighted by Gasteiger charge is -2.36. The van der Waals surface area contributed by atoms with Crippen LogP contribution in [0.4, 0.5) is 10.1 Å². The standard InChI is InChI=1S/C43H54FN9O5/c1-29-5-4-6-36(44)34(29)26-51-27-35(39(28-51)49(2)3)31-9-11-32(12-10-31)52-20-18-50(19-21-52)22-24-58-23-17-45-40(54)15-8-30-7-13-37-33(25-30)43(57)53(48-47-37)38-14-16-41(55)46-42(38)56/h4-7,9-13,25,35,38-39H,8,14-24,26-28H2,1-3H3,(H,45,54)(H,46,55,56). The lowest BCUT2D eigenvalue weighted by atomic mass is 9.93. The van der Waals surface area contributed by atoms with E-state index in [2.05, 4.69) is 78.9 Å². The molecule has 58 heavy (non-hydrogen) atoms. The second-order valence-electron chi connectivity index (χ2n) is 15.9. The van der Waals surface area contributed by atoms with E-state index in [0.29, 0.717) is 55.6 Å². The van der Waals surface area contributed by atoms with Gasteiger partial charge < -0.3 is 19.9 Å². The van der Waals surface area contributed by atoms with Gasteiger partial charge in [-0.15, -0.1) is 5.10 Å². The Hall–Kier alpha value is -5.09. The zero-order valence-corrected chi connectivity index (χ0v) is 33.7. The Morgan fingerprint density at radius 2 is 1.78 bits per heavy atom. The number of likely N-dealkylation sites (tertiary alicyclic amines) is 1. The van der Waals surface area contributed by atoms with Gasteiger partial charge in [-0.1, -0.05) is 35.5 Å². The molecule has 2 N–H and O–H groups in total. The van der Waals surface area contributed by atoms with Crippen LogP contribution >= 0.6 is 0 Å². The number of halogens is 1. The van der Waals surface area contributed by atoms with Crippen LogP contribution in [-0.2, 0) is 32.1 Å². The molecule has 4 aromatic rings. The molecule has 4 heterocycles. The largest absolute Gasteiger partial charge is 0.378 e. The summed E-state index contributed by atoms with van der Waals surface area (Å²) >= 11 is 0. The lowest BCUT2D eigenvalue weighted by molar-refractivity contribution is -0.136. The fraction of sp³-hybridized carbons (Fsp3) is 0.488. The molecular formula is C43H54FN9O5. The molecule has 3 saturated heterocycles. The molecule has 308 valence electrons. The van der Waals surface area contributed by atoms with E-state index in [1.165, 1.54) is 11.3 Å². The third-order valence-corrected chi connectivity index (χ3v) is 11.8. The minimum absolute atomic E-state index is 0.112. The fourth-order valence-corrected chi connectivity index (χ4v) is 8.38. The summed E-state index contributed by atoms with van der Waals surface area (Å²) in [7, 11) is 4.27. The van der Waals surface area contributed by atoms with Crippen molar-refractivity contribution < 1.29 is 23.5 Å². The van der Waals surface area contributed by atoms with Gasteiger partial charge in [-0.3, -0.25) is 34.3 Å². The van der Waals surface area contributed by atoms with Crippen molar-refractivity contribution in [1.82, 2.24) is 40.3 Å². The number of carbonyl (C=O) groups is 3. The maximum absolute atomic E-state index is 14.6. The molecular weight excluding hydrogens is 742 g/mol. The fourth-order valence-electron chi connectivity index (χ4n) is 8.38. The first-order valence-electron chi connectivity index (χ1n) is 20.3. The number of fused-ring (bicyclic) bond motifs is 1. The summed E-state index contributed by atoms with van der Waals surface area (Å²) in [5.74, 6) is -0.824. The summed E-state index contributed by atoms with van der Waals surface area (Å²) in [4.78, 5) is 59.1. The first-order valence-corrected chi connectivity index (χ1v) is 20.3. The Kier molecular flexibility index (Phi) is 13.2. The van der Waals surface area contributed by atoms with Crippen molar-refractivity contribution in [2.24, 2.45) is 0 Å².